The molecule has 2 fully saturated rings. The van der Waals surface area contributed by atoms with Gasteiger partial charge in [0.2, 0.25) is 11.8 Å². The summed E-state index contributed by atoms with van der Waals surface area (Å²) in [5.41, 5.74) is -4.54. The van der Waals surface area contributed by atoms with E-state index in [0.29, 0.717) is 11.8 Å². The molecule has 0 atom stereocenters. The van der Waals surface area contributed by atoms with E-state index < -0.39 is 68.5 Å². The van der Waals surface area contributed by atoms with Crippen molar-refractivity contribution < 1.29 is 55.0 Å². The van der Waals surface area contributed by atoms with Gasteiger partial charge in [-0.1, -0.05) is 92.2 Å². The van der Waals surface area contributed by atoms with Gasteiger partial charge in [0.25, 0.3) is 0 Å². The topological polar surface area (TPSA) is 99.7 Å². The van der Waals surface area contributed by atoms with Crippen LogP contribution < -0.4 is 0 Å². The van der Waals surface area contributed by atoms with Crippen LogP contribution in [0.5, 0.6) is 0 Å². The fraction of sp³-hybridized carbons (Fsp3) is 0.360. The molecule has 2 saturated heterocycles. The molecule has 10 nitrogen and oxygen atoms in total. The molecular formula is C50H50Br2F6N4O6S. The quantitative estimate of drug-likeness (QED) is 0.128. The summed E-state index contributed by atoms with van der Waals surface area (Å²) in [6.45, 7) is 11.7. The fourth-order valence-electron chi connectivity index (χ4n) is 7.64. The number of halogens is 8. The molecular weight excluding hydrogens is 1060 g/mol. The minimum atomic E-state index is -5.12. The molecule has 4 aromatic carbocycles. The van der Waals surface area contributed by atoms with Crippen molar-refractivity contribution in [3.05, 3.63) is 116 Å². The summed E-state index contributed by atoms with van der Waals surface area (Å²) in [4.78, 5) is 56.9. The van der Waals surface area contributed by atoms with Gasteiger partial charge < -0.3 is 29.1 Å². The molecule has 0 saturated carbocycles. The third kappa shape index (κ3) is 13.5. The Balaban J connectivity index is 1.38. The highest BCUT2D eigenvalue weighted by Gasteiger charge is 2.42. The van der Waals surface area contributed by atoms with Gasteiger partial charge in [-0.3, -0.25) is 9.59 Å². The van der Waals surface area contributed by atoms with Crippen molar-refractivity contribution in [2.24, 2.45) is 0 Å². The number of carbonyl (C=O) groups is 4. The zero-order valence-electron chi connectivity index (χ0n) is 38.6. The molecule has 0 radical (unpaired) electrons. The first-order valence-electron chi connectivity index (χ1n) is 21.8. The average Bonchev–Trinajstić information content (AvgIpc) is 3.26. The number of amides is 4. The van der Waals surface area contributed by atoms with E-state index in [1.165, 1.54) is 80.3 Å². The molecule has 4 amide bonds. The lowest BCUT2D eigenvalue weighted by Gasteiger charge is -2.35. The number of benzene rings is 4. The van der Waals surface area contributed by atoms with E-state index in [2.05, 4.69) is 31.9 Å². The van der Waals surface area contributed by atoms with Gasteiger partial charge >= 0.3 is 24.5 Å². The minimum absolute atomic E-state index is 0.0272. The van der Waals surface area contributed by atoms with Gasteiger partial charge in [0, 0.05) is 94.4 Å². The predicted octanol–water partition coefficient (Wildman–Crippen LogP) is 12.9. The lowest BCUT2D eigenvalue weighted by Crippen LogP contribution is -2.51. The zero-order valence-corrected chi connectivity index (χ0v) is 42.6. The standard InChI is InChI=1S/C50H50Br2F6N4O6S/c1-47(2,3)67-45(65)61-27-23-59(24-28-61)39(63)21-17-31-15-19-37(43(49(53,54)55)41(31)33-11-7-9-13-35(33)51)69-38-20-16-32(42(44(38)50(56,57)58)34-12-8-10-14-36(34)52)18-22-40(64)60-25-29-62(30-26-60)46(66)68-48(4,5)6/h7-22H,23-30H2,1-6H3/b21-17+,22-18+. The van der Waals surface area contributed by atoms with E-state index in [1.54, 1.807) is 53.7 Å². The summed E-state index contributed by atoms with van der Waals surface area (Å²) < 4.78 is 105. The summed E-state index contributed by atoms with van der Waals surface area (Å²) >= 11 is 7.03. The number of rotatable bonds is 8. The van der Waals surface area contributed by atoms with Crippen molar-refractivity contribution in [1.82, 2.24) is 19.6 Å². The van der Waals surface area contributed by atoms with E-state index in [0.717, 1.165) is 24.3 Å². The first-order chi connectivity index (χ1) is 32.2. The van der Waals surface area contributed by atoms with Crippen LogP contribution in [-0.2, 0) is 31.4 Å². The van der Waals surface area contributed by atoms with E-state index in [1.807, 2.05) is 0 Å². The van der Waals surface area contributed by atoms with Crippen molar-refractivity contribution in [1.29, 1.82) is 0 Å². The molecule has 0 spiro atoms. The molecule has 0 aromatic heterocycles. The molecule has 368 valence electrons. The van der Waals surface area contributed by atoms with Crippen molar-refractivity contribution in [2.45, 2.75) is 74.9 Å². The Labute approximate surface area is 417 Å². The average molecular weight is 1110 g/mol. The smallest absolute Gasteiger partial charge is 0.418 e. The van der Waals surface area contributed by atoms with Crippen LogP contribution in [0.15, 0.2) is 104 Å². The molecule has 0 bridgehead atoms. The Kier molecular flexibility index (Phi) is 16.5. The van der Waals surface area contributed by atoms with E-state index in [4.69, 9.17) is 9.47 Å². The number of carbonyl (C=O) groups excluding carboxylic acids is 4. The Bertz CT molecular complexity index is 2470. The van der Waals surface area contributed by atoms with Crippen molar-refractivity contribution in [3.8, 4) is 22.3 Å². The second-order valence-corrected chi connectivity index (χ2v) is 20.9. The molecule has 2 heterocycles. The van der Waals surface area contributed by atoms with Gasteiger partial charge in [-0.2, -0.15) is 26.3 Å². The summed E-state index contributed by atoms with van der Waals surface area (Å²) in [6.07, 6.45) is -6.54. The van der Waals surface area contributed by atoms with E-state index in [-0.39, 0.29) is 94.7 Å². The lowest BCUT2D eigenvalue weighted by molar-refractivity contribution is -0.139. The Morgan fingerprint density at radius 3 is 1.13 bits per heavy atom. The number of alkyl halides is 6. The number of hydrogen-bond donors (Lipinski definition) is 0. The molecule has 2 aliphatic rings. The molecule has 0 N–H and O–H groups in total. The number of ether oxygens (including phenoxy) is 2. The lowest BCUT2D eigenvalue weighted by atomic mass is 9.93. The molecule has 0 unspecified atom stereocenters. The van der Waals surface area contributed by atoms with Crippen LogP contribution >= 0.6 is 43.6 Å². The van der Waals surface area contributed by atoms with E-state index in [9.17, 15) is 19.2 Å². The number of nitrogens with zero attached hydrogens (tertiary/aromatic N) is 4. The number of hydrogen-bond acceptors (Lipinski definition) is 7. The maximum atomic E-state index is 15.7. The second kappa shape index (κ2) is 21.4. The molecule has 2 aliphatic heterocycles. The first-order valence-corrected chi connectivity index (χ1v) is 24.2. The van der Waals surface area contributed by atoms with Gasteiger partial charge in [-0.25, -0.2) is 9.59 Å². The summed E-state index contributed by atoms with van der Waals surface area (Å²) in [5.74, 6) is -1.04. The second-order valence-electron chi connectivity index (χ2n) is 18.1. The van der Waals surface area contributed by atoms with Crippen LogP contribution in [0.4, 0.5) is 35.9 Å². The normalized spacial score (nSPS) is 15.3. The molecule has 6 rings (SSSR count). The van der Waals surface area contributed by atoms with Gasteiger partial charge in [-0.05, 0) is 100 Å². The van der Waals surface area contributed by atoms with Crippen molar-refractivity contribution in [3.63, 3.8) is 0 Å². The Hall–Kier alpha value is -5.27. The van der Waals surface area contributed by atoms with Crippen molar-refractivity contribution >= 4 is 79.8 Å². The maximum absolute atomic E-state index is 15.7. The van der Waals surface area contributed by atoms with Gasteiger partial charge in [0.1, 0.15) is 11.2 Å². The van der Waals surface area contributed by atoms with Crippen LogP contribution in [0, 0.1) is 0 Å². The van der Waals surface area contributed by atoms with Crippen LogP contribution in [0.25, 0.3) is 34.4 Å². The minimum Gasteiger partial charge on any atom is -0.444 e. The van der Waals surface area contributed by atoms with Crippen LogP contribution in [0.3, 0.4) is 0 Å². The Morgan fingerprint density at radius 2 is 0.826 bits per heavy atom. The third-order valence-electron chi connectivity index (χ3n) is 10.8. The van der Waals surface area contributed by atoms with Gasteiger partial charge in [0.05, 0.1) is 11.1 Å². The van der Waals surface area contributed by atoms with Gasteiger partial charge in [0.15, 0.2) is 0 Å². The van der Waals surface area contributed by atoms with Crippen LogP contribution in [0.1, 0.15) is 63.8 Å². The number of piperazine rings is 2. The third-order valence-corrected chi connectivity index (χ3v) is 13.3. The predicted molar refractivity (Wildman–Crippen MR) is 260 cm³/mol. The van der Waals surface area contributed by atoms with Crippen molar-refractivity contribution in [2.75, 3.05) is 52.4 Å². The highest BCUT2D eigenvalue weighted by atomic mass is 79.9. The monoisotopic (exact) mass is 1110 g/mol. The van der Waals surface area contributed by atoms with Gasteiger partial charge in [-0.15, -0.1) is 0 Å². The molecule has 69 heavy (non-hydrogen) atoms. The summed E-state index contributed by atoms with van der Waals surface area (Å²) in [7, 11) is 0. The fourth-order valence-corrected chi connectivity index (χ4v) is 9.76. The zero-order chi connectivity index (χ0) is 50.6. The first kappa shape index (κ1) is 53.1. The SMILES string of the molecule is CC(C)(C)OC(=O)N1CCN(C(=O)/C=C/c2ccc(Sc3ccc(/C=C/C(=O)N4CCN(C(=O)OC(C)(C)C)CC4)c(-c4ccccc4Br)c3C(F)(F)F)c(C(F)(F)F)c2-c2ccccc2Br)CC1. The highest BCUT2D eigenvalue weighted by Crippen LogP contribution is 2.52. The largest absolute Gasteiger partial charge is 0.444 e. The molecule has 19 heteroatoms. The summed E-state index contributed by atoms with van der Waals surface area (Å²) in [6, 6.07) is 17.0. The Morgan fingerprint density at radius 1 is 0.507 bits per heavy atom. The highest BCUT2D eigenvalue weighted by molar-refractivity contribution is 9.11. The maximum Gasteiger partial charge on any atom is 0.418 e. The van der Waals surface area contributed by atoms with E-state index >= 15 is 26.3 Å². The summed E-state index contributed by atoms with van der Waals surface area (Å²) in [5, 5.41) is 0. The molecule has 4 aromatic rings. The van der Waals surface area contributed by atoms with Crippen LogP contribution in [0.2, 0.25) is 0 Å². The molecule has 0 aliphatic carbocycles. The van der Waals surface area contributed by atoms with Crippen LogP contribution in [-0.4, -0.2) is 107 Å².